The van der Waals surface area contributed by atoms with Gasteiger partial charge < -0.3 is 10.6 Å². The summed E-state index contributed by atoms with van der Waals surface area (Å²) in [6.07, 6.45) is 4.73. The smallest absolute Gasteiger partial charge is 0.287 e. The van der Waals surface area contributed by atoms with Gasteiger partial charge in [0, 0.05) is 25.2 Å². The number of pyridine rings is 1. The minimum absolute atomic E-state index is 0.0439. The van der Waals surface area contributed by atoms with Crippen LogP contribution in [0.4, 0.5) is 11.5 Å². The molecule has 2 heterocycles. The zero-order valence-electron chi connectivity index (χ0n) is 10.7. The molecule has 1 aliphatic heterocycles. The van der Waals surface area contributed by atoms with Crippen molar-refractivity contribution in [2.24, 2.45) is 17.6 Å². The van der Waals surface area contributed by atoms with Crippen molar-refractivity contribution in [3.05, 3.63) is 28.4 Å². The Labute approximate surface area is 111 Å². The Morgan fingerprint density at radius 2 is 2.11 bits per heavy atom. The van der Waals surface area contributed by atoms with Gasteiger partial charge in [-0.15, -0.1) is 0 Å². The van der Waals surface area contributed by atoms with Crippen molar-refractivity contribution in [1.82, 2.24) is 4.98 Å². The van der Waals surface area contributed by atoms with E-state index >= 15 is 0 Å². The van der Waals surface area contributed by atoms with E-state index in [0.29, 0.717) is 17.9 Å². The third-order valence-electron chi connectivity index (χ3n) is 4.36. The Balaban J connectivity index is 1.72. The van der Waals surface area contributed by atoms with Crippen LogP contribution in [0.3, 0.4) is 0 Å². The number of anilines is 1. The maximum Gasteiger partial charge on any atom is 0.287 e. The van der Waals surface area contributed by atoms with E-state index in [1.807, 2.05) is 0 Å². The summed E-state index contributed by atoms with van der Waals surface area (Å²) in [7, 11) is 0. The number of rotatable bonds is 2. The van der Waals surface area contributed by atoms with Crippen molar-refractivity contribution in [2.75, 3.05) is 18.0 Å². The highest BCUT2D eigenvalue weighted by molar-refractivity contribution is 5.44. The molecular formula is C13H18N4O2. The first-order valence-corrected chi connectivity index (χ1v) is 6.74. The molecule has 2 aliphatic rings. The lowest BCUT2D eigenvalue weighted by atomic mass is 9.79. The van der Waals surface area contributed by atoms with E-state index in [-0.39, 0.29) is 5.69 Å². The molecule has 3 atom stereocenters. The van der Waals surface area contributed by atoms with Crippen molar-refractivity contribution < 1.29 is 4.92 Å². The molecule has 0 bridgehead atoms. The van der Waals surface area contributed by atoms with Gasteiger partial charge in [-0.1, -0.05) is 0 Å². The molecule has 1 saturated heterocycles. The molecule has 1 aliphatic carbocycles. The number of fused-ring (bicyclic) bond motifs is 1. The van der Waals surface area contributed by atoms with Gasteiger partial charge in [-0.3, -0.25) is 10.1 Å². The molecular weight excluding hydrogens is 244 g/mol. The highest BCUT2D eigenvalue weighted by Crippen LogP contribution is 2.37. The second-order valence-electron chi connectivity index (χ2n) is 5.63. The number of nitrogens with zero attached hydrogens (tertiary/aromatic N) is 3. The van der Waals surface area contributed by atoms with Crippen LogP contribution in [0.5, 0.6) is 0 Å². The molecule has 0 radical (unpaired) electrons. The minimum Gasteiger partial charge on any atom is -0.356 e. The average molecular weight is 262 g/mol. The molecule has 1 aromatic heterocycles. The van der Waals surface area contributed by atoms with E-state index in [1.165, 1.54) is 18.7 Å². The van der Waals surface area contributed by atoms with Gasteiger partial charge in [0.1, 0.15) is 12.0 Å². The molecule has 0 aromatic carbocycles. The molecule has 2 fully saturated rings. The maximum absolute atomic E-state index is 10.6. The van der Waals surface area contributed by atoms with Gasteiger partial charge >= 0.3 is 0 Å². The van der Waals surface area contributed by atoms with Crippen LogP contribution in [0.15, 0.2) is 18.3 Å². The van der Waals surface area contributed by atoms with Gasteiger partial charge in [-0.25, -0.2) is 4.98 Å². The fraction of sp³-hybridized carbons (Fsp3) is 0.615. The zero-order chi connectivity index (χ0) is 13.4. The highest BCUT2D eigenvalue weighted by atomic mass is 16.6. The molecule has 2 N–H and O–H groups in total. The number of aromatic nitrogens is 1. The lowest BCUT2D eigenvalue weighted by Crippen LogP contribution is -2.32. The molecule has 6 heteroatoms. The van der Waals surface area contributed by atoms with Crippen molar-refractivity contribution in [1.29, 1.82) is 0 Å². The van der Waals surface area contributed by atoms with Crippen LogP contribution < -0.4 is 10.6 Å². The van der Waals surface area contributed by atoms with Crippen LogP contribution in [0.2, 0.25) is 0 Å². The lowest BCUT2D eigenvalue weighted by Gasteiger charge is -2.27. The van der Waals surface area contributed by atoms with Crippen LogP contribution in [0.1, 0.15) is 19.3 Å². The Morgan fingerprint density at radius 3 is 2.79 bits per heavy atom. The molecule has 0 amide bonds. The summed E-state index contributed by atoms with van der Waals surface area (Å²) in [5, 5.41) is 10.6. The van der Waals surface area contributed by atoms with Gasteiger partial charge in [-0.05, 0) is 37.2 Å². The predicted octanol–water partition coefficient (Wildman–Crippen LogP) is 1.55. The summed E-state index contributed by atoms with van der Waals surface area (Å²) >= 11 is 0. The molecule has 102 valence electrons. The fourth-order valence-corrected chi connectivity index (χ4v) is 3.33. The Bertz CT molecular complexity index is 476. The minimum atomic E-state index is -0.417. The second-order valence-corrected chi connectivity index (χ2v) is 5.63. The summed E-state index contributed by atoms with van der Waals surface area (Å²) in [6.45, 7) is 1.98. The Kier molecular flexibility index (Phi) is 3.10. The zero-order valence-corrected chi connectivity index (χ0v) is 10.7. The highest BCUT2D eigenvalue weighted by Gasteiger charge is 2.37. The van der Waals surface area contributed by atoms with Crippen LogP contribution >= 0.6 is 0 Å². The largest absolute Gasteiger partial charge is 0.356 e. The Morgan fingerprint density at radius 1 is 1.32 bits per heavy atom. The van der Waals surface area contributed by atoms with Crippen LogP contribution in [-0.2, 0) is 0 Å². The standard InChI is InChI=1S/C13H18N4O2/c14-11-2-1-9-7-16(8-10(9)5-11)13-4-3-12(6-15-13)17(18)19/h3-4,6,9-11H,1-2,5,7-8,14H2/t9-,10+,11?/m1/s1. The fourth-order valence-electron chi connectivity index (χ4n) is 3.33. The molecule has 1 unspecified atom stereocenters. The monoisotopic (exact) mass is 262 g/mol. The number of nitro groups is 1. The molecule has 6 nitrogen and oxygen atoms in total. The molecule has 0 spiro atoms. The molecule has 19 heavy (non-hydrogen) atoms. The SMILES string of the molecule is NC1CC[C@@H]2CN(c3ccc([N+](=O)[O-])cn3)C[C@@H]2C1. The van der Waals surface area contributed by atoms with Crippen molar-refractivity contribution in [2.45, 2.75) is 25.3 Å². The van der Waals surface area contributed by atoms with Crippen LogP contribution in [-0.4, -0.2) is 29.0 Å². The van der Waals surface area contributed by atoms with Crippen molar-refractivity contribution in [3.63, 3.8) is 0 Å². The van der Waals surface area contributed by atoms with Gasteiger partial charge in [0.25, 0.3) is 5.69 Å². The van der Waals surface area contributed by atoms with E-state index in [1.54, 1.807) is 6.07 Å². The van der Waals surface area contributed by atoms with Gasteiger partial charge in [0.2, 0.25) is 0 Å². The molecule has 3 rings (SSSR count). The molecule has 1 saturated carbocycles. The van der Waals surface area contributed by atoms with E-state index in [4.69, 9.17) is 5.73 Å². The normalized spacial score (nSPS) is 30.2. The first-order chi connectivity index (χ1) is 9.13. The third-order valence-corrected chi connectivity index (χ3v) is 4.36. The third kappa shape index (κ3) is 2.40. The average Bonchev–Trinajstić information content (AvgIpc) is 2.81. The first-order valence-electron chi connectivity index (χ1n) is 6.74. The van der Waals surface area contributed by atoms with Crippen molar-refractivity contribution in [3.8, 4) is 0 Å². The van der Waals surface area contributed by atoms with E-state index in [9.17, 15) is 10.1 Å². The van der Waals surface area contributed by atoms with E-state index in [2.05, 4.69) is 9.88 Å². The van der Waals surface area contributed by atoms with E-state index in [0.717, 1.165) is 31.7 Å². The lowest BCUT2D eigenvalue weighted by molar-refractivity contribution is -0.385. The molecule has 1 aromatic rings. The summed E-state index contributed by atoms with van der Waals surface area (Å²) in [5.74, 6) is 2.20. The predicted molar refractivity (Wildman–Crippen MR) is 71.9 cm³/mol. The summed E-state index contributed by atoms with van der Waals surface area (Å²) in [4.78, 5) is 16.6. The second kappa shape index (κ2) is 4.77. The maximum atomic E-state index is 10.6. The van der Waals surface area contributed by atoms with Gasteiger partial charge in [-0.2, -0.15) is 0 Å². The summed E-state index contributed by atoms with van der Waals surface area (Å²) in [6, 6.07) is 3.61. The number of hydrogen-bond acceptors (Lipinski definition) is 5. The van der Waals surface area contributed by atoms with Gasteiger partial charge in [0.15, 0.2) is 0 Å². The number of nitrogens with two attached hydrogens (primary N) is 1. The number of hydrogen-bond donors (Lipinski definition) is 1. The van der Waals surface area contributed by atoms with E-state index < -0.39 is 4.92 Å². The summed E-state index contributed by atoms with van der Waals surface area (Å²) < 4.78 is 0. The first kappa shape index (κ1) is 12.3. The topological polar surface area (TPSA) is 85.3 Å². The van der Waals surface area contributed by atoms with Crippen LogP contribution in [0.25, 0.3) is 0 Å². The van der Waals surface area contributed by atoms with Gasteiger partial charge in [0.05, 0.1) is 4.92 Å². The summed E-state index contributed by atoms with van der Waals surface area (Å²) in [5.41, 5.74) is 6.06. The Hall–Kier alpha value is -1.69. The van der Waals surface area contributed by atoms with Crippen LogP contribution in [0, 0.1) is 22.0 Å². The van der Waals surface area contributed by atoms with Crippen molar-refractivity contribution >= 4 is 11.5 Å². The quantitative estimate of drug-likeness (QED) is 0.645.